The lowest BCUT2D eigenvalue weighted by Gasteiger charge is -2.30. The molecule has 2 aliphatic heterocycles. The van der Waals surface area contributed by atoms with Gasteiger partial charge in [-0.05, 0) is 121 Å². The van der Waals surface area contributed by atoms with Crippen LogP contribution in [0.1, 0.15) is 64.6 Å². The summed E-state index contributed by atoms with van der Waals surface area (Å²) in [5.74, 6) is 0.746. The number of nitrogen functional groups attached to an aromatic ring is 1. The number of aromatic nitrogens is 6. The molecular formula is C56H57N11O10S2. The number of methoxy groups -OCH3 is 3. The molecule has 23 heteroatoms. The van der Waals surface area contributed by atoms with E-state index in [-0.39, 0.29) is 72.5 Å². The molecule has 1 saturated heterocycles. The number of anilines is 1. The molecule has 0 saturated carbocycles. The van der Waals surface area contributed by atoms with Crippen LogP contribution in [0.15, 0.2) is 137 Å². The normalized spacial score (nSPS) is 15.9. The number of rotatable bonds is 18. The van der Waals surface area contributed by atoms with E-state index in [2.05, 4.69) is 25.0 Å². The minimum Gasteiger partial charge on any atom is -0.593 e. The molecular weight excluding hydrogens is 1050 g/mol. The van der Waals surface area contributed by atoms with Gasteiger partial charge in [-0.2, -0.15) is 9.10 Å². The Kier molecular flexibility index (Phi) is 15.2. The molecule has 4 N–H and O–H groups in total. The van der Waals surface area contributed by atoms with E-state index in [0.717, 1.165) is 10.5 Å². The molecule has 1 fully saturated rings. The van der Waals surface area contributed by atoms with Gasteiger partial charge in [0.25, 0.3) is 11.8 Å². The van der Waals surface area contributed by atoms with Crippen molar-refractivity contribution in [3.63, 3.8) is 0 Å². The van der Waals surface area contributed by atoms with E-state index in [0.29, 0.717) is 50.5 Å². The van der Waals surface area contributed by atoms with Gasteiger partial charge in [-0.3, -0.25) is 14.5 Å². The van der Waals surface area contributed by atoms with E-state index in [9.17, 15) is 14.4 Å². The van der Waals surface area contributed by atoms with Gasteiger partial charge in [-0.1, -0.05) is 60.7 Å². The van der Waals surface area contributed by atoms with Crippen LogP contribution in [0.2, 0.25) is 0 Å². The van der Waals surface area contributed by atoms with E-state index >= 15 is 13.0 Å². The molecule has 79 heavy (non-hydrogen) atoms. The zero-order chi connectivity index (χ0) is 55.8. The van der Waals surface area contributed by atoms with E-state index in [1.807, 2.05) is 12.1 Å². The molecule has 0 bridgehead atoms. The van der Waals surface area contributed by atoms with Gasteiger partial charge in [0, 0.05) is 31.7 Å². The Balaban J connectivity index is 1.13. The zero-order valence-corrected chi connectivity index (χ0v) is 45.7. The number of benzene rings is 6. The molecule has 6 aromatic carbocycles. The number of likely N-dealkylation sites (tertiary alicyclic amines) is 1. The van der Waals surface area contributed by atoms with Crippen molar-refractivity contribution in [3.8, 4) is 39.8 Å². The topological polar surface area (TPSA) is 265 Å². The van der Waals surface area contributed by atoms with Crippen LogP contribution in [0.3, 0.4) is 0 Å². The Bertz CT molecular complexity index is 3600. The number of carbonyl (C=O) groups is 3. The van der Waals surface area contributed by atoms with Crippen LogP contribution < -0.4 is 24.7 Å². The summed E-state index contributed by atoms with van der Waals surface area (Å²) in [5, 5.41) is 13.8. The fourth-order valence-electron chi connectivity index (χ4n) is 9.76. The highest BCUT2D eigenvalue weighted by Gasteiger charge is 2.46. The molecule has 21 nitrogen and oxygen atoms in total. The van der Waals surface area contributed by atoms with Gasteiger partial charge < -0.3 is 39.1 Å². The first-order valence-corrected chi connectivity index (χ1v) is 27.7. The molecule has 4 heterocycles. The molecule has 0 aliphatic carbocycles. The van der Waals surface area contributed by atoms with Gasteiger partial charge in [-0.15, -0.1) is 14.9 Å². The van der Waals surface area contributed by atoms with Crippen molar-refractivity contribution < 1.29 is 46.3 Å². The van der Waals surface area contributed by atoms with Crippen LogP contribution >= 0.6 is 0 Å². The maximum atomic E-state index is 16.5. The first-order valence-electron chi connectivity index (χ1n) is 25.1. The van der Waals surface area contributed by atoms with E-state index in [1.54, 1.807) is 137 Å². The van der Waals surface area contributed by atoms with Crippen LogP contribution in [0.5, 0.6) is 17.2 Å². The van der Waals surface area contributed by atoms with Gasteiger partial charge >= 0.3 is 6.09 Å². The average Bonchev–Trinajstić information content (AvgIpc) is 4.35. The number of H-pyrrole nitrogens is 1. The number of nitrogens with one attached hydrogen (secondary N) is 2. The minimum atomic E-state index is -4.87. The minimum absolute atomic E-state index is 0.0394. The molecule has 408 valence electrons. The molecule has 1 unspecified atom stereocenters. The molecule has 3 atom stereocenters. The molecule has 0 radical (unpaired) electrons. The van der Waals surface area contributed by atoms with Gasteiger partial charge in [-0.25, -0.2) is 18.2 Å². The molecule has 2 aliphatic rings. The third-order valence-electron chi connectivity index (χ3n) is 13.5. The number of tetrazole rings is 1. The van der Waals surface area contributed by atoms with Gasteiger partial charge in [0.2, 0.25) is 15.8 Å². The smallest absolute Gasteiger partial charge is 0.410 e. The Morgan fingerprint density at radius 3 is 1.92 bits per heavy atom. The third kappa shape index (κ3) is 11.3. The average molecular weight is 1110 g/mol. The van der Waals surface area contributed by atoms with Crippen molar-refractivity contribution in [1.29, 1.82) is 0 Å². The molecule has 2 aromatic heterocycles. The summed E-state index contributed by atoms with van der Waals surface area (Å²) in [6, 6.07) is 34.6. The second-order valence-electron chi connectivity index (χ2n) is 20.0. The standard InChI is InChI=1S/C56H57N11O10S2/c1-56(2,3)77-55(70)65-32-37(28-38(65)33-66-52(68)44-10-7-8-11-45(44)53(66)69)62-78(71)47-27-26-42(43-12-9-13-46-49(43)59-54(57)58-46)48(51-60-63-67(61-51)31-36-18-24-41(76-6)25-19-36)50(47)79(72,73)64(29-34-14-20-39(74-4)21-15-34)30-35-16-22-40(75-5)23-17-35/h7-27,37-38,62H,28-33H2,1-6H3,(H3,57,58,59)/t37-,38+,78?/m1/s1. The fraction of sp³-hybridized carbons (Fsp3) is 0.268. The van der Waals surface area contributed by atoms with Crippen molar-refractivity contribution in [2.45, 2.75) is 74.3 Å². The summed E-state index contributed by atoms with van der Waals surface area (Å²) in [4.78, 5) is 52.3. The summed E-state index contributed by atoms with van der Waals surface area (Å²) in [7, 11) is -0.236. The number of amides is 3. The lowest BCUT2D eigenvalue weighted by atomic mass is 9.98. The summed E-state index contributed by atoms with van der Waals surface area (Å²) in [6.07, 6.45) is -0.639. The SMILES string of the molecule is COc1ccc(CN(Cc2ccc(OC)cc2)S(=O)(=O)c2c([S+]([O-])N[C@@H]3C[C@@H](CN4C(=O)c5ccccc5C4=O)N(C(=O)OC(C)(C)C)C3)ccc(-c3cccc4[nH]c(N)nc34)c2-c2nnn(Cc3ccc(OC)cc3)n2)cc1. The van der Waals surface area contributed by atoms with Gasteiger partial charge in [0.15, 0.2) is 15.7 Å². The predicted octanol–water partition coefficient (Wildman–Crippen LogP) is 7.22. The first-order chi connectivity index (χ1) is 37.9. The van der Waals surface area contributed by atoms with Crippen molar-refractivity contribution in [2.75, 3.05) is 40.2 Å². The van der Waals surface area contributed by atoms with Crippen molar-refractivity contribution in [1.82, 2.24) is 49.0 Å². The number of imidazole rings is 1. The fourth-order valence-corrected chi connectivity index (χ4v) is 13.0. The van der Waals surface area contributed by atoms with E-state index < -0.39 is 61.9 Å². The number of aromatic amines is 1. The first kappa shape index (κ1) is 54.0. The number of fused-ring (bicyclic) bond motifs is 2. The van der Waals surface area contributed by atoms with Crippen LogP contribution in [0.4, 0.5) is 10.7 Å². The highest BCUT2D eigenvalue weighted by molar-refractivity contribution is 7.92. The highest BCUT2D eigenvalue weighted by atomic mass is 32.2. The van der Waals surface area contributed by atoms with Gasteiger partial charge in [0.1, 0.15) is 22.8 Å². The maximum Gasteiger partial charge on any atom is 0.410 e. The molecule has 0 spiro atoms. The quantitative estimate of drug-likeness (QED) is 0.0566. The maximum absolute atomic E-state index is 16.5. The van der Waals surface area contributed by atoms with E-state index in [1.165, 1.54) is 34.3 Å². The van der Waals surface area contributed by atoms with Crippen molar-refractivity contribution in [3.05, 3.63) is 155 Å². The number of imide groups is 1. The summed E-state index contributed by atoms with van der Waals surface area (Å²) < 4.78 is 75.1. The van der Waals surface area contributed by atoms with Gasteiger partial charge in [0.05, 0.1) is 79.0 Å². The number of hydrogen-bond donors (Lipinski definition) is 3. The lowest BCUT2D eigenvalue weighted by molar-refractivity contribution is 0.0189. The van der Waals surface area contributed by atoms with E-state index in [4.69, 9.17) is 29.8 Å². The van der Waals surface area contributed by atoms with Crippen LogP contribution in [-0.4, -0.2) is 127 Å². The van der Waals surface area contributed by atoms with Crippen LogP contribution in [0.25, 0.3) is 33.5 Å². The summed E-state index contributed by atoms with van der Waals surface area (Å²) in [6.45, 7) is 4.66. The van der Waals surface area contributed by atoms with Crippen molar-refractivity contribution in [2.24, 2.45) is 0 Å². The Labute approximate surface area is 459 Å². The number of ether oxygens (including phenoxy) is 4. The molecule has 8 aromatic rings. The van der Waals surface area contributed by atoms with Crippen LogP contribution in [0, 0.1) is 0 Å². The predicted molar refractivity (Wildman–Crippen MR) is 294 cm³/mol. The number of nitrogens with two attached hydrogens (primary N) is 1. The Morgan fingerprint density at radius 2 is 1.35 bits per heavy atom. The molecule has 3 amide bonds. The summed E-state index contributed by atoms with van der Waals surface area (Å²) >= 11 is -2.41. The largest absolute Gasteiger partial charge is 0.593 e. The monoisotopic (exact) mass is 1110 g/mol. The zero-order valence-electron chi connectivity index (χ0n) is 44.1. The molecule has 10 rings (SSSR count). The second-order valence-corrected chi connectivity index (χ2v) is 23.1. The number of nitrogens with zero attached hydrogens (tertiary/aromatic N) is 8. The highest BCUT2D eigenvalue weighted by Crippen LogP contribution is 2.43. The van der Waals surface area contributed by atoms with Crippen LogP contribution in [-0.2, 0) is 45.8 Å². The third-order valence-corrected chi connectivity index (χ3v) is 16.8. The Morgan fingerprint density at radius 1 is 0.785 bits per heavy atom. The number of sulfonamides is 1. The second kappa shape index (κ2) is 22.2. The number of carbonyl (C=O) groups excluding carboxylic acids is 3. The Hall–Kier alpha value is -8.35. The number of hydrogen-bond acceptors (Lipinski definition) is 16. The van der Waals surface area contributed by atoms with Crippen molar-refractivity contribution >= 4 is 56.3 Å². The summed E-state index contributed by atoms with van der Waals surface area (Å²) in [5.41, 5.74) is 9.49. The lowest BCUT2D eigenvalue weighted by Crippen LogP contribution is -2.46. The number of para-hydroxylation sites is 1.